The van der Waals surface area contributed by atoms with Gasteiger partial charge in [-0.1, -0.05) is 47.0 Å². The Hall–Kier alpha value is -0.0800. The smallest absolute Gasteiger partial charge is 0.0246 e. The average molecular weight is 254 g/mol. The van der Waals surface area contributed by atoms with E-state index in [1.807, 2.05) is 0 Å². The van der Waals surface area contributed by atoms with Crippen LogP contribution in [0.3, 0.4) is 0 Å². The van der Waals surface area contributed by atoms with Crippen molar-refractivity contribution < 1.29 is 0 Å². The summed E-state index contributed by atoms with van der Waals surface area (Å²) in [6.07, 6.45) is 6.86. The number of likely N-dealkylation sites (N-methyl/N-ethyl adjacent to an activating group) is 1. The second-order valence-electron chi connectivity index (χ2n) is 6.42. The Morgan fingerprint density at radius 2 is 1.78 bits per heavy atom. The Morgan fingerprint density at radius 3 is 2.22 bits per heavy atom. The van der Waals surface area contributed by atoms with Crippen molar-refractivity contribution in [1.29, 1.82) is 0 Å². The zero-order valence-corrected chi connectivity index (χ0v) is 13.0. The van der Waals surface area contributed by atoms with E-state index in [9.17, 15) is 0 Å². The standard InChI is InChI=1S/C16H34N2/c1-5-13(3)12-18(6-2)16(11-17)15-9-7-14(4)8-10-15/h13-16H,5-12,17H2,1-4H3. The van der Waals surface area contributed by atoms with Crippen molar-refractivity contribution in [1.82, 2.24) is 4.90 Å². The molecule has 2 N–H and O–H groups in total. The lowest BCUT2D eigenvalue weighted by Gasteiger charge is -2.40. The van der Waals surface area contributed by atoms with E-state index < -0.39 is 0 Å². The Kier molecular flexibility index (Phi) is 7.25. The van der Waals surface area contributed by atoms with E-state index in [2.05, 4.69) is 32.6 Å². The first-order valence-corrected chi connectivity index (χ1v) is 8.06. The Morgan fingerprint density at radius 1 is 1.17 bits per heavy atom. The lowest BCUT2D eigenvalue weighted by Crippen LogP contribution is -2.48. The molecule has 18 heavy (non-hydrogen) atoms. The summed E-state index contributed by atoms with van der Waals surface area (Å²) in [6, 6.07) is 0.622. The van der Waals surface area contributed by atoms with Crippen LogP contribution >= 0.6 is 0 Å². The van der Waals surface area contributed by atoms with Gasteiger partial charge in [0, 0.05) is 19.1 Å². The number of nitrogens with two attached hydrogens (primary N) is 1. The molecule has 2 nitrogen and oxygen atoms in total. The zero-order chi connectivity index (χ0) is 13.5. The molecule has 0 spiro atoms. The van der Waals surface area contributed by atoms with Gasteiger partial charge in [-0.25, -0.2) is 0 Å². The number of rotatable bonds is 7. The highest BCUT2D eigenvalue weighted by Crippen LogP contribution is 2.32. The molecular formula is C16H34N2. The van der Waals surface area contributed by atoms with Crippen LogP contribution in [-0.4, -0.2) is 30.6 Å². The van der Waals surface area contributed by atoms with E-state index >= 15 is 0 Å². The number of hydrogen-bond donors (Lipinski definition) is 1. The van der Waals surface area contributed by atoms with E-state index in [4.69, 9.17) is 5.73 Å². The van der Waals surface area contributed by atoms with Gasteiger partial charge < -0.3 is 5.73 Å². The van der Waals surface area contributed by atoms with Gasteiger partial charge in [0.05, 0.1) is 0 Å². The van der Waals surface area contributed by atoms with Crippen LogP contribution in [0.2, 0.25) is 0 Å². The molecular weight excluding hydrogens is 220 g/mol. The van der Waals surface area contributed by atoms with Gasteiger partial charge in [-0.05, 0) is 37.1 Å². The molecule has 1 aliphatic carbocycles. The summed E-state index contributed by atoms with van der Waals surface area (Å²) in [5.74, 6) is 2.57. The van der Waals surface area contributed by atoms with Gasteiger partial charge in [-0.15, -0.1) is 0 Å². The highest BCUT2D eigenvalue weighted by Gasteiger charge is 2.29. The van der Waals surface area contributed by atoms with Crippen molar-refractivity contribution in [2.45, 2.75) is 65.8 Å². The van der Waals surface area contributed by atoms with Gasteiger partial charge in [-0.3, -0.25) is 4.90 Å². The molecule has 0 aromatic heterocycles. The molecule has 2 heteroatoms. The SMILES string of the molecule is CCC(C)CN(CC)C(CN)C1CCC(C)CC1. The highest BCUT2D eigenvalue weighted by atomic mass is 15.2. The summed E-state index contributed by atoms with van der Waals surface area (Å²) in [4.78, 5) is 2.65. The van der Waals surface area contributed by atoms with Crippen LogP contribution in [-0.2, 0) is 0 Å². The van der Waals surface area contributed by atoms with Crippen molar-refractivity contribution in [3.63, 3.8) is 0 Å². The fourth-order valence-electron chi connectivity index (χ4n) is 3.34. The molecule has 108 valence electrons. The van der Waals surface area contributed by atoms with Gasteiger partial charge in [-0.2, -0.15) is 0 Å². The molecule has 2 unspecified atom stereocenters. The molecule has 0 heterocycles. The van der Waals surface area contributed by atoms with E-state index in [0.29, 0.717) is 6.04 Å². The summed E-state index contributed by atoms with van der Waals surface area (Å²) in [6.45, 7) is 12.5. The molecule has 1 aliphatic rings. The maximum Gasteiger partial charge on any atom is 0.0246 e. The predicted molar refractivity (Wildman–Crippen MR) is 80.7 cm³/mol. The Balaban J connectivity index is 2.56. The van der Waals surface area contributed by atoms with Crippen LogP contribution in [0, 0.1) is 17.8 Å². The summed E-state index contributed by atoms with van der Waals surface area (Å²) < 4.78 is 0. The molecule has 0 aromatic carbocycles. The van der Waals surface area contributed by atoms with Crippen molar-refractivity contribution >= 4 is 0 Å². The van der Waals surface area contributed by atoms with Crippen LogP contribution in [0.1, 0.15) is 59.8 Å². The number of hydrogen-bond acceptors (Lipinski definition) is 2. The van der Waals surface area contributed by atoms with Gasteiger partial charge in [0.25, 0.3) is 0 Å². The van der Waals surface area contributed by atoms with E-state index in [1.54, 1.807) is 0 Å². The summed E-state index contributed by atoms with van der Waals surface area (Å²) >= 11 is 0. The summed E-state index contributed by atoms with van der Waals surface area (Å²) in [7, 11) is 0. The molecule has 1 rings (SSSR count). The van der Waals surface area contributed by atoms with Crippen LogP contribution in [0.4, 0.5) is 0 Å². The third-order valence-electron chi connectivity index (χ3n) is 4.96. The monoisotopic (exact) mass is 254 g/mol. The topological polar surface area (TPSA) is 29.3 Å². The fraction of sp³-hybridized carbons (Fsp3) is 1.00. The first-order chi connectivity index (χ1) is 8.62. The minimum absolute atomic E-state index is 0.622. The van der Waals surface area contributed by atoms with E-state index in [1.165, 1.54) is 38.6 Å². The first kappa shape index (κ1) is 16.0. The first-order valence-electron chi connectivity index (χ1n) is 8.06. The lowest BCUT2D eigenvalue weighted by atomic mass is 9.78. The highest BCUT2D eigenvalue weighted by molar-refractivity contribution is 4.84. The zero-order valence-electron chi connectivity index (χ0n) is 13.0. The third kappa shape index (κ3) is 4.55. The molecule has 0 saturated heterocycles. The van der Waals surface area contributed by atoms with E-state index in [0.717, 1.165) is 30.8 Å². The molecule has 2 atom stereocenters. The average Bonchev–Trinajstić information content (AvgIpc) is 2.40. The van der Waals surface area contributed by atoms with Gasteiger partial charge in [0.15, 0.2) is 0 Å². The maximum absolute atomic E-state index is 6.09. The maximum atomic E-state index is 6.09. The van der Waals surface area contributed by atoms with Crippen molar-refractivity contribution in [2.24, 2.45) is 23.5 Å². The predicted octanol–water partition coefficient (Wildman–Crippen LogP) is 3.51. The van der Waals surface area contributed by atoms with Gasteiger partial charge in [0.1, 0.15) is 0 Å². The molecule has 0 aliphatic heterocycles. The van der Waals surface area contributed by atoms with E-state index in [-0.39, 0.29) is 0 Å². The second-order valence-corrected chi connectivity index (χ2v) is 6.42. The van der Waals surface area contributed by atoms with Gasteiger partial charge in [0.2, 0.25) is 0 Å². The summed E-state index contributed by atoms with van der Waals surface area (Å²) in [5.41, 5.74) is 6.09. The van der Waals surface area contributed by atoms with Crippen molar-refractivity contribution in [3.05, 3.63) is 0 Å². The molecule has 0 aromatic rings. The number of nitrogens with zero attached hydrogens (tertiary/aromatic N) is 1. The fourth-order valence-corrected chi connectivity index (χ4v) is 3.34. The Labute approximate surface area is 114 Å². The minimum atomic E-state index is 0.622. The second kappa shape index (κ2) is 8.16. The van der Waals surface area contributed by atoms with Crippen molar-refractivity contribution in [2.75, 3.05) is 19.6 Å². The quantitative estimate of drug-likeness (QED) is 0.753. The van der Waals surface area contributed by atoms with Crippen LogP contribution in [0.15, 0.2) is 0 Å². The minimum Gasteiger partial charge on any atom is -0.329 e. The van der Waals surface area contributed by atoms with Crippen LogP contribution in [0.25, 0.3) is 0 Å². The molecule has 1 fully saturated rings. The summed E-state index contributed by atoms with van der Waals surface area (Å²) in [5, 5.41) is 0. The molecule has 1 saturated carbocycles. The normalized spacial score (nSPS) is 28.3. The van der Waals surface area contributed by atoms with Crippen LogP contribution in [0.5, 0.6) is 0 Å². The van der Waals surface area contributed by atoms with Crippen LogP contribution < -0.4 is 5.73 Å². The molecule has 0 amide bonds. The van der Waals surface area contributed by atoms with Gasteiger partial charge >= 0.3 is 0 Å². The molecule has 0 radical (unpaired) electrons. The largest absolute Gasteiger partial charge is 0.329 e. The lowest BCUT2D eigenvalue weighted by molar-refractivity contribution is 0.102. The third-order valence-corrected chi connectivity index (χ3v) is 4.96. The van der Waals surface area contributed by atoms with Crippen molar-refractivity contribution in [3.8, 4) is 0 Å². The molecule has 0 bridgehead atoms. The Bertz CT molecular complexity index is 209.